The molecule has 5 rings (SSSR count). The third kappa shape index (κ3) is 5.91. The summed E-state index contributed by atoms with van der Waals surface area (Å²) in [5, 5.41) is 9.75. The van der Waals surface area contributed by atoms with Crippen molar-refractivity contribution in [3.05, 3.63) is 78.0 Å². The van der Waals surface area contributed by atoms with Gasteiger partial charge in [0.25, 0.3) is 5.91 Å². The lowest BCUT2D eigenvalue weighted by Gasteiger charge is -2.41. The summed E-state index contributed by atoms with van der Waals surface area (Å²) in [6.45, 7) is 5.73. The first-order chi connectivity index (χ1) is 19.9. The topological polar surface area (TPSA) is 132 Å². The van der Waals surface area contributed by atoms with Crippen molar-refractivity contribution >= 4 is 34.6 Å². The molecule has 2 aromatic carbocycles. The Morgan fingerprint density at radius 2 is 1.61 bits per heavy atom. The van der Waals surface area contributed by atoms with Crippen LogP contribution in [0.25, 0.3) is 22.4 Å². The number of aromatic nitrogens is 3. The lowest BCUT2D eigenvalue weighted by atomic mass is 9.72. The molecular formula is C31H35N7O3. The number of benzene rings is 2. The van der Waals surface area contributed by atoms with Crippen molar-refractivity contribution in [2.45, 2.75) is 32.1 Å². The first-order valence-electron chi connectivity index (χ1n) is 14.0. The Labute approximate surface area is 239 Å². The lowest BCUT2D eigenvalue weighted by Crippen LogP contribution is -2.52. The van der Waals surface area contributed by atoms with Gasteiger partial charge < -0.3 is 25.8 Å². The van der Waals surface area contributed by atoms with Crippen LogP contribution in [0.4, 0.5) is 5.82 Å². The van der Waals surface area contributed by atoms with Gasteiger partial charge in [0, 0.05) is 45.2 Å². The number of likely N-dealkylation sites (N-methyl/N-ethyl adjacent to an activating group) is 1. The van der Waals surface area contributed by atoms with Gasteiger partial charge in [0.2, 0.25) is 11.8 Å². The minimum atomic E-state index is -0.671. The molecule has 1 saturated heterocycles. The van der Waals surface area contributed by atoms with Crippen molar-refractivity contribution in [1.82, 2.24) is 30.5 Å². The zero-order chi connectivity index (χ0) is 28.8. The molecule has 41 heavy (non-hydrogen) atoms. The van der Waals surface area contributed by atoms with Crippen molar-refractivity contribution < 1.29 is 14.4 Å². The van der Waals surface area contributed by atoms with Crippen molar-refractivity contribution in [3.8, 4) is 11.4 Å². The first-order valence-corrected chi connectivity index (χ1v) is 14.0. The molecular weight excluding hydrogens is 518 g/mol. The molecule has 10 nitrogen and oxygen atoms in total. The summed E-state index contributed by atoms with van der Waals surface area (Å²) >= 11 is 0. The fourth-order valence-electron chi connectivity index (χ4n) is 5.39. The summed E-state index contributed by atoms with van der Waals surface area (Å²) in [6.07, 6.45) is 1.06. The average Bonchev–Trinajstić information content (AvgIpc) is 3.44. The van der Waals surface area contributed by atoms with Crippen LogP contribution in [0, 0.1) is 0 Å². The standard InChI is InChI=1S/C31H35N7O3/c1-3-32-30(41)31(23-12-8-5-9-13-23)14-18-38(19-15-31)29(40)25-20-24-27(34-17-16-33-21(2)39)36-26(37-28(24)35-25)22-10-6-4-7-11-22/h4-13,20H,3,14-19H2,1-2H3,(H,32,41)(H,33,39)(H2,34,35,36,37). The molecule has 4 N–H and O–H groups in total. The summed E-state index contributed by atoms with van der Waals surface area (Å²) in [4.78, 5) is 52.7. The van der Waals surface area contributed by atoms with Crippen LogP contribution in [-0.4, -0.2) is 70.3 Å². The normalized spacial score (nSPS) is 14.4. The van der Waals surface area contributed by atoms with E-state index in [2.05, 4.69) is 20.9 Å². The number of nitrogens with zero attached hydrogens (tertiary/aromatic N) is 3. The third-order valence-corrected chi connectivity index (χ3v) is 7.54. The van der Waals surface area contributed by atoms with Gasteiger partial charge in [0.15, 0.2) is 5.82 Å². The van der Waals surface area contributed by atoms with Gasteiger partial charge in [-0.15, -0.1) is 0 Å². The van der Waals surface area contributed by atoms with Gasteiger partial charge in [-0.1, -0.05) is 60.7 Å². The molecule has 1 aliphatic rings. The lowest BCUT2D eigenvalue weighted by molar-refractivity contribution is -0.128. The summed E-state index contributed by atoms with van der Waals surface area (Å²) in [5.41, 5.74) is 2.11. The fraction of sp³-hybridized carbons (Fsp3) is 0.323. The van der Waals surface area contributed by atoms with Crippen LogP contribution in [0.3, 0.4) is 0 Å². The number of rotatable bonds is 9. The highest BCUT2D eigenvalue weighted by Gasteiger charge is 2.43. The molecule has 0 radical (unpaired) electrons. The number of carbonyl (C=O) groups is 3. The Balaban J connectivity index is 1.40. The molecule has 0 bridgehead atoms. The smallest absolute Gasteiger partial charge is 0.270 e. The van der Waals surface area contributed by atoms with Crippen LogP contribution < -0.4 is 16.0 Å². The molecule has 3 heterocycles. The number of carbonyl (C=O) groups excluding carboxylic acids is 3. The van der Waals surface area contributed by atoms with Gasteiger partial charge in [-0.05, 0) is 31.4 Å². The van der Waals surface area contributed by atoms with E-state index in [-0.39, 0.29) is 17.7 Å². The molecule has 0 spiro atoms. The van der Waals surface area contributed by atoms with Crippen molar-refractivity contribution in [3.63, 3.8) is 0 Å². The number of likely N-dealkylation sites (tertiary alicyclic amines) is 1. The van der Waals surface area contributed by atoms with E-state index in [0.717, 1.165) is 11.1 Å². The number of H-pyrrole nitrogens is 1. The molecule has 4 aromatic rings. The van der Waals surface area contributed by atoms with Crippen molar-refractivity contribution in [1.29, 1.82) is 0 Å². The minimum absolute atomic E-state index is 0.00241. The van der Waals surface area contributed by atoms with E-state index in [0.29, 0.717) is 73.9 Å². The molecule has 0 saturated carbocycles. The average molecular weight is 554 g/mol. The molecule has 1 fully saturated rings. The van der Waals surface area contributed by atoms with E-state index in [1.807, 2.05) is 67.6 Å². The molecule has 0 atom stereocenters. The van der Waals surface area contributed by atoms with Crippen LogP contribution in [0.2, 0.25) is 0 Å². The Morgan fingerprint density at radius 1 is 0.927 bits per heavy atom. The summed E-state index contributed by atoms with van der Waals surface area (Å²) < 4.78 is 0. The van der Waals surface area contributed by atoms with E-state index in [9.17, 15) is 14.4 Å². The van der Waals surface area contributed by atoms with Gasteiger partial charge in [0.1, 0.15) is 17.2 Å². The predicted molar refractivity (Wildman–Crippen MR) is 158 cm³/mol. The van der Waals surface area contributed by atoms with Crippen LogP contribution >= 0.6 is 0 Å². The van der Waals surface area contributed by atoms with Gasteiger partial charge in [-0.3, -0.25) is 14.4 Å². The van der Waals surface area contributed by atoms with Crippen LogP contribution in [0.15, 0.2) is 66.7 Å². The number of hydrogen-bond acceptors (Lipinski definition) is 6. The Kier molecular flexibility index (Phi) is 8.28. The molecule has 2 aromatic heterocycles. The fourth-order valence-corrected chi connectivity index (χ4v) is 5.39. The van der Waals surface area contributed by atoms with E-state index in [1.165, 1.54) is 6.92 Å². The molecule has 10 heteroatoms. The summed E-state index contributed by atoms with van der Waals surface area (Å²) in [7, 11) is 0. The quantitative estimate of drug-likeness (QED) is 0.235. The number of nitrogens with one attached hydrogen (secondary N) is 4. The number of amides is 3. The SMILES string of the molecule is CCNC(=O)C1(c2ccccc2)CCN(C(=O)c2cc3c(NCCNC(C)=O)nc(-c4ccccc4)nc3[nH]2)CC1. The van der Waals surface area contributed by atoms with E-state index < -0.39 is 5.41 Å². The maximum Gasteiger partial charge on any atom is 0.270 e. The molecule has 0 aliphatic carbocycles. The number of hydrogen-bond donors (Lipinski definition) is 4. The summed E-state index contributed by atoms with van der Waals surface area (Å²) in [5.74, 6) is 0.846. The maximum atomic E-state index is 13.7. The van der Waals surface area contributed by atoms with E-state index in [4.69, 9.17) is 9.97 Å². The second-order valence-corrected chi connectivity index (χ2v) is 10.2. The molecule has 1 aliphatic heterocycles. The number of aromatic amines is 1. The van der Waals surface area contributed by atoms with Gasteiger partial charge in [-0.25, -0.2) is 9.97 Å². The van der Waals surface area contributed by atoms with Crippen LogP contribution in [0.1, 0.15) is 42.7 Å². The zero-order valence-electron chi connectivity index (χ0n) is 23.4. The van der Waals surface area contributed by atoms with Gasteiger partial charge in [0.05, 0.1) is 10.8 Å². The van der Waals surface area contributed by atoms with Crippen LogP contribution in [-0.2, 0) is 15.0 Å². The highest BCUT2D eigenvalue weighted by Crippen LogP contribution is 2.36. The van der Waals surface area contributed by atoms with Gasteiger partial charge in [-0.2, -0.15) is 0 Å². The van der Waals surface area contributed by atoms with Gasteiger partial charge >= 0.3 is 0 Å². The highest BCUT2D eigenvalue weighted by atomic mass is 16.2. The molecule has 0 unspecified atom stereocenters. The minimum Gasteiger partial charge on any atom is -0.368 e. The second kappa shape index (κ2) is 12.2. The number of anilines is 1. The number of piperidine rings is 1. The van der Waals surface area contributed by atoms with Crippen molar-refractivity contribution in [2.75, 3.05) is 38.0 Å². The predicted octanol–water partition coefficient (Wildman–Crippen LogP) is 3.48. The zero-order valence-corrected chi connectivity index (χ0v) is 23.4. The monoisotopic (exact) mass is 553 g/mol. The maximum absolute atomic E-state index is 13.7. The molecule has 212 valence electrons. The van der Waals surface area contributed by atoms with Crippen LogP contribution in [0.5, 0.6) is 0 Å². The van der Waals surface area contributed by atoms with Crippen molar-refractivity contribution in [2.24, 2.45) is 0 Å². The largest absolute Gasteiger partial charge is 0.368 e. The summed E-state index contributed by atoms with van der Waals surface area (Å²) in [6, 6.07) is 21.2. The highest BCUT2D eigenvalue weighted by molar-refractivity contribution is 6.00. The Bertz CT molecular complexity index is 1530. The number of fused-ring (bicyclic) bond motifs is 1. The Hall–Kier alpha value is -4.73. The third-order valence-electron chi connectivity index (χ3n) is 7.54. The first kappa shape index (κ1) is 27.8. The second-order valence-electron chi connectivity index (χ2n) is 10.2. The Morgan fingerprint density at radius 3 is 2.27 bits per heavy atom. The van der Waals surface area contributed by atoms with E-state index >= 15 is 0 Å². The van der Waals surface area contributed by atoms with E-state index in [1.54, 1.807) is 11.0 Å². The molecule has 3 amide bonds.